The molecule has 0 atom stereocenters. The first-order chi connectivity index (χ1) is 9.38. The molecule has 3 heterocycles. The molecule has 0 aliphatic carbocycles. The van der Waals surface area contributed by atoms with E-state index in [1.165, 1.54) is 0 Å². The second-order valence-electron chi connectivity index (χ2n) is 4.23. The van der Waals surface area contributed by atoms with Crippen molar-refractivity contribution in [3.8, 4) is 11.1 Å². The van der Waals surface area contributed by atoms with E-state index in [0.717, 1.165) is 22.2 Å². The lowest BCUT2D eigenvalue weighted by molar-refractivity contribution is 0.184. The molecule has 0 aromatic carbocycles. The van der Waals surface area contributed by atoms with Crippen LogP contribution in [0.1, 0.15) is 0 Å². The number of methoxy groups -OCH3 is 1. The minimum Gasteiger partial charge on any atom is -0.383 e. The topological polar surface area (TPSA) is 52.8 Å². The van der Waals surface area contributed by atoms with Crippen LogP contribution in [0.3, 0.4) is 0 Å². The fourth-order valence-corrected chi connectivity index (χ4v) is 2.02. The monoisotopic (exact) mass is 254 g/mol. The lowest BCUT2D eigenvalue weighted by Crippen LogP contribution is -2.06. The lowest BCUT2D eigenvalue weighted by Gasteiger charge is -2.03. The van der Waals surface area contributed by atoms with Crippen LogP contribution in [0.15, 0.2) is 43.0 Å². The van der Waals surface area contributed by atoms with E-state index in [2.05, 4.69) is 21.1 Å². The SMILES string of the molecule is COCCn1ncc2cc(-c3ccncc3)cnc21. The lowest BCUT2D eigenvalue weighted by atomic mass is 10.1. The third kappa shape index (κ3) is 2.32. The number of hydrogen-bond acceptors (Lipinski definition) is 4. The summed E-state index contributed by atoms with van der Waals surface area (Å²) in [6.07, 6.45) is 7.26. The van der Waals surface area contributed by atoms with Gasteiger partial charge in [-0.05, 0) is 23.8 Å². The second-order valence-corrected chi connectivity index (χ2v) is 4.23. The van der Waals surface area contributed by atoms with Crippen molar-refractivity contribution in [1.29, 1.82) is 0 Å². The molecule has 3 rings (SSSR count). The van der Waals surface area contributed by atoms with E-state index >= 15 is 0 Å². The average molecular weight is 254 g/mol. The predicted molar refractivity (Wildman–Crippen MR) is 72.6 cm³/mol. The van der Waals surface area contributed by atoms with Crippen molar-refractivity contribution in [1.82, 2.24) is 19.7 Å². The van der Waals surface area contributed by atoms with Gasteiger partial charge in [-0.3, -0.25) is 4.98 Å². The first-order valence-corrected chi connectivity index (χ1v) is 6.09. The number of aromatic nitrogens is 4. The first-order valence-electron chi connectivity index (χ1n) is 6.09. The molecule has 0 bridgehead atoms. The summed E-state index contributed by atoms with van der Waals surface area (Å²) in [4.78, 5) is 8.52. The standard InChI is InChI=1S/C14H14N4O/c1-19-7-6-18-14-13(10-17-18)8-12(9-16-14)11-2-4-15-5-3-11/h2-5,8-10H,6-7H2,1H3. The second kappa shape index (κ2) is 5.16. The molecule has 3 aromatic rings. The molecule has 0 amide bonds. The Labute approximate surface area is 110 Å². The van der Waals surface area contributed by atoms with Gasteiger partial charge in [0.2, 0.25) is 0 Å². The third-order valence-corrected chi connectivity index (χ3v) is 3.00. The van der Waals surface area contributed by atoms with Gasteiger partial charge in [-0.15, -0.1) is 0 Å². The summed E-state index contributed by atoms with van der Waals surface area (Å²) in [5.74, 6) is 0. The number of nitrogens with zero attached hydrogens (tertiary/aromatic N) is 4. The van der Waals surface area contributed by atoms with Crippen LogP contribution in [-0.2, 0) is 11.3 Å². The van der Waals surface area contributed by atoms with E-state index in [1.54, 1.807) is 19.5 Å². The molecule has 0 aliphatic heterocycles. The highest BCUT2D eigenvalue weighted by molar-refractivity contribution is 5.80. The van der Waals surface area contributed by atoms with Crippen LogP contribution in [-0.4, -0.2) is 33.5 Å². The molecule has 0 saturated heterocycles. The maximum atomic E-state index is 5.06. The van der Waals surface area contributed by atoms with Gasteiger partial charge < -0.3 is 4.74 Å². The smallest absolute Gasteiger partial charge is 0.157 e. The maximum absolute atomic E-state index is 5.06. The molecule has 0 aliphatic rings. The van der Waals surface area contributed by atoms with Gasteiger partial charge in [-0.25, -0.2) is 9.67 Å². The number of rotatable bonds is 4. The molecule has 0 fully saturated rings. The van der Waals surface area contributed by atoms with Crippen LogP contribution in [0.5, 0.6) is 0 Å². The summed E-state index contributed by atoms with van der Waals surface area (Å²) in [6, 6.07) is 6.03. The first kappa shape index (κ1) is 11.8. The van der Waals surface area contributed by atoms with E-state index in [1.807, 2.05) is 29.2 Å². The van der Waals surface area contributed by atoms with E-state index in [9.17, 15) is 0 Å². The number of ether oxygens (including phenoxy) is 1. The van der Waals surface area contributed by atoms with E-state index < -0.39 is 0 Å². The molecular formula is C14H14N4O. The highest BCUT2D eigenvalue weighted by atomic mass is 16.5. The zero-order valence-electron chi connectivity index (χ0n) is 10.7. The highest BCUT2D eigenvalue weighted by Gasteiger charge is 2.06. The van der Waals surface area contributed by atoms with Crippen LogP contribution in [0.4, 0.5) is 0 Å². The van der Waals surface area contributed by atoms with Crippen molar-refractivity contribution in [2.45, 2.75) is 6.54 Å². The van der Waals surface area contributed by atoms with Crippen LogP contribution in [0, 0.1) is 0 Å². The molecule has 5 heteroatoms. The summed E-state index contributed by atoms with van der Waals surface area (Å²) in [5.41, 5.74) is 3.06. The Bertz CT molecular complexity index is 678. The summed E-state index contributed by atoms with van der Waals surface area (Å²) >= 11 is 0. The van der Waals surface area contributed by atoms with Crippen molar-refractivity contribution in [2.24, 2.45) is 0 Å². The van der Waals surface area contributed by atoms with E-state index in [-0.39, 0.29) is 0 Å². The number of pyridine rings is 2. The Morgan fingerprint density at radius 1 is 1.16 bits per heavy atom. The van der Waals surface area contributed by atoms with Gasteiger partial charge in [0, 0.05) is 36.7 Å². The van der Waals surface area contributed by atoms with Gasteiger partial charge in [-0.2, -0.15) is 5.10 Å². The van der Waals surface area contributed by atoms with Crippen LogP contribution < -0.4 is 0 Å². The normalized spacial score (nSPS) is 11.0. The van der Waals surface area contributed by atoms with Crippen molar-refractivity contribution < 1.29 is 4.74 Å². The van der Waals surface area contributed by atoms with Gasteiger partial charge in [0.15, 0.2) is 5.65 Å². The molecule has 5 nitrogen and oxygen atoms in total. The fraction of sp³-hybridized carbons (Fsp3) is 0.214. The summed E-state index contributed by atoms with van der Waals surface area (Å²) < 4.78 is 6.92. The van der Waals surface area contributed by atoms with E-state index in [4.69, 9.17) is 4.74 Å². The van der Waals surface area contributed by atoms with Crippen molar-refractivity contribution >= 4 is 11.0 Å². The molecule has 0 radical (unpaired) electrons. The van der Waals surface area contributed by atoms with Gasteiger partial charge in [0.1, 0.15) is 0 Å². The molecule has 0 N–H and O–H groups in total. The van der Waals surface area contributed by atoms with Crippen molar-refractivity contribution in [3.63, 3.8) is 0 Å². The van der Waals surface area contributed by atoms with Crippen molar-refractivity contribution in [3.05, 3.63) is 43.0 Å². The van der Waals surface area contributed by atoms with Crippen molar-refractivity contribution in [2.75, 3.05) is 13.7 Å². The van der Waals surface area contributed by atoms with Crippen LogP contribution in [0.2, 0.25) is 0 Å². The third-order valence-electron chi connectivity index (χ3n) is 3.00. The van der Waals surface area contributed by atoms with Gasteiger partial charge in [0.05, 0.1) is 19.3 Å². The maximum Gasteiger partial charge on any atom is 0.157 e. The summed E-state index contributed by atoms with van der Waals surface area (Å²) in [7, 11) is 1.68. The number of fused-ring (bicyclic) bond motifs is 1. The largest absolute Gasteiger partial charge is 0.383 e. The Morgan fingerprint density at radius 3 is 2.79 bits per heavy atom. The average Bonchev–Trinajstić information content (AvgIpc) is 2.88. The summed E-state index contributed by atoms with van der Waals surface area (Å²) in [5, 5.41) is 5.36. The molecule has 0 spiro atoms. The zero-order valence-corrected chi connectivity index (χ0v) is 10.7. The molecule has 0 unspecified atom stereocenters. The molecule has 19 heavy (non-hydrogen) atoms. The Kier molecular flexibility index (Phi) is 3.20. The summed E-state index contributed by atoms with van der Waals surface area (Å²) in [6.45, 7) is 1.34. The minimum atomic E-state index is 0.630. The number of hydrogen-bond donors (Lipinski definition) is 0. The molecule has 96 valence electrons. The highest BCUT2D eigenvalue weighted by Crippen LogP contribution is 2.21. The predicted octanol–water partition coefficient (Wildman–Crippen LogP) is 2.14. The molecule has 0 saturated carbocycles. The zero-order chi connectivity index (χ0) is 13.1. The Balaban J connectivity index is 1.99. The van der Waals surface area contributed by atoms with Crippen LogP contribution in [0.25, 0.3) is 22.2 Å². The van der Waals surface area contributed by atoms with Gasteiger partial charge in [-0.1, -0.05) is 0 Å². The van der Waals surface area contributed by atoms with Crippen LogP contribution >= 0.6 is 0 Å². The van der Waals surface area contributed by atoms with Gasteiger partial charge >= 0.3 is 0 Å². The Morgan fingerprint density at radius 2 is 2.00 bits per heavy atom. The van der Waals surface area contributed by atoms with E-state index in [0.29, 0.717) is 13.2 Å². The Hall–Kier alpha value is -2.27. The van der Waals surface area contributed by atoms with Gasteiger partial charge in [0.25, 0.3) is 0 Å². The molecule has 3 aromatic heterocycles. The fourth-order valence-electron chi connectivity index (χ4n) is 2.02. The quantitative estimate of drug-likeness (QED) is 0.715. The molecular weight excluding hydrogens is 240 g/mol. The minimum absolute atomic E-state index is 0.630.